The third-order valence-electron chi connectivity index (χ3n) is 12.3. The molecule has 5 N–H and O–H groups in total. The molecule has 4 aromatic heterocycles. The maximum Gasteiger partial charge on any atom is 0.306 e. The number of fused-ring (bicyclic) bond motifs is 2. The average Bonchev–Trinajstić information content (AvgIpc) is 3.98. The number of nitrogens with one attached hydrogen (secondary N) is 1. The van der Waals surface area contributed by atoms with E-state index in [-0.39, 0.29) is 111 Å². The minimum Gasteiger partial charge on any atom is -0.481 e. The maximum absolute atomic E-state index is 11.1. The van der Waals surface area contributed by atoms with Gasteiger partial charge in [-0.15, -0.1) is 0 Å². The van der Waals surface area contributed by atoms with Gasteiger partial charge in [-0.1, -0.05) is 36.4 Å². The van der Waals surface area contributed by atoms with Crippen molar-refractivity contribution >= 4 is 97.8 Å². The molecule has 402 valence electrons. The summed E-state index contributed by atoms with van der Waals surface area (Å²) in [6.45, 7) is 0.388. The summed E-state index contributed by atoms with van der Waals surface area (Å²) >= 11 is 7.34. The Kier molecular flexibility index (Phi) is 24.7. The lowest BCUT2D eigenvalue weighted by Crippen LogP contribution is -2.28. The molecule has 0 amide bonds. The lowest BCUT2D eigenvalue weighted by atomic mass is 9.91. The van der Waals surface area contributed by atoms with Gasteiger partial charge in [0.1, 0.15) is 37.6 Å². The zero-order valence-corrected chi connectivity index (χ0v) is 47.9. The fraction of sp³-hybridized carbons (Fsp3) is 0.321. The summed E-state index contributed by atoms with van der Waals surface area (Å²) in [5, 5.41) is 60.4. The Labute approximate surface area is 484 Å². The second-order valence-electron chi connectivity index (χ2n) is 17.5. The van der Waals surface area contributed by atoms with Crippen LogP contribution >= 0.6 is 85.8 Å². The molecule has 0 bridgehead atoms. The first-order valence-electron chi connectivity index (χ1n) is 23.3. The van der Waals surface area contributed by atoms with Crippen molar-refractivity contribution in [1.82, 2.24) is 25.3 Å². The molecule has 4 heterocycles. The molecule has 0 saturated carbocycles. The van der Waals surface area contributed by atoms with Crippen LogP contribution in [0.4, 0.5) is 0 Å². The van der Waals surface area contributed by atoms with Crippen molar-refractivity contribution in [1.29, 1.82) is 10.5 Å². The second-order valence-corrected chi connectivity index (χ2v) is 19.2. The number of nitriles is 2. The maximum atomic E-state index is 11.1. The van der Waals surface area contributed by atoms with Gasteiger partial charge in [0.25, 0.3) is 0 Å². The van der Waals surface area contributed by atoms with Gasteiger partial charge in [0.15, 0.2) is 0 Å². The number of nitrogens with zero attached hydrogens (tertiary/aromatic N) is 6. The molecule has 2 aromatic carbocycles. The van der Waals surface area contributed by atoms with Gasteiger partial charge in [-0.25, -0.2) is 0 Å². The van der Waals surface area contributed by atoms with E-state index in [1.54, 1.807) is 24.5 Å². The molecular formula is C53H57Br2N7O10S4. The van der Waals surface area contributed by atoms with Crippen LogP contribution in [-0.4, -0.2) is 71.1 Å². The molecule has 2 aliphatic carbocycles. The van der Waals surface area contributed by atoms with Gasteiger partial charge >= 0.3 is 11.9 Å². The smallest absolute Gasteiger partial charge is 0.306 e. The number of pyridine rings is 4. The number of hydrogen-bond donors (Lipinski definition) is 5. The first-order valence-corrected chi connectivity index (χ1v) is 24.8. The van der Waals surface area contributed by atoms with Crippen LogP contribution < -0.4 is 24.3 Å². The van der Waals surface area contributed by atoms with Gasteiger partial charge in [-0.3, -0.25) is 19.6 Å². The topological polar surface area (TPSA) is 263 Å². The second kappa shape index (κ2) is 29.8. The number of benzene rings is 2. The van der Waals surface area contributed by atoms with E-state index in [0.717, 1.165) is 40.7 Å². The number of aliphatic hydroxyl groups excluding tert-OH is 2. The van der Waals surface area contributed by atoms with Crippen LogP contribution in [0.5, 0.6) is 23.5 Å². The standard InChI is InChI=1S/C53H49Br2N7O10.4H2S/c54-44-16-34(4-1-5-36(63)18-48(65)66)50(69-28-32-14-30(20-56)22-58-24-32)61-52(44)71-46-12-10-40-38(6-2-8-42(40)46)39-7-3-9-43-41(39)11-13-47(43)72-53-45(55)17-35(26-60-27-37(64)19-49(67)68)51(62-53)70-29-33-15-31(21-57)23-59-25-33;;;;/h2-3,6-9,14-17,22-25,36-37,46-47,60,63-64H,1,4-5,10-13,18-19,26-29H2,(H,65,66)(H,67,68);4*1H2/t36-,37+,46+,47+;;;;/m1..../s1. The summed E-state index contributed by atoms with van der Waals surface area (Å²) < 4.78 is 27.0. The molecule has 0 unspecified atom stereocenters. The molecule has 4 atom stereocenters. The lowest BCUT2D eigenvalue weighted by Gasteiger charge is -2.20. The van der Waals surface area contributed by atoms with Crippen molar-refractivity contribution in [3.63, 3.8) is 0 Å². The number of carbonyl (C=O) groups is 2. The molecule has 0 fully saturated rings. The van der Waals surface area contributed by atoms with E-state index in [1.807, 2.05) is 24.3 Å². The van der Waals surface area contributed by atoms with Crippen LogP contribution in [0.3, 0.4) is 0 Å². The van der Waals surface area contributed by atoms with E-state index < -0.39 is 30.6 Å². The number of ether oxygens (including phenoxy) is 4. The number of carboxylic acids is 2. The van der Waals surface area contributed by atoms with E-state index in [2.05, 4.69) is 83.5 Å². The minimum absolute atomic E-state index is 0. The fourth-order valence-electron chi connectivity index (χ4n) is 9.00. The predicted molar refractivity (Wildman–Crippen MR) is 308 cm³/mol. The highest BCUT2D eigenvalue weighted by Gasteiger charge is 2.32. The number of hydrogen-bond acceptors (Lipinski definition) is 15. The Balaban J connectivity index is 0.00000312. The highest BCUT2D eigenvalue weighted by Crippen LogP contribution is 2.46. The number of aliphatic carboxylic acids is 2. The summed E-state index contributed by atoms with van der Waals surface area (Å²) in [7, 11) is 0. The SMILES string of the molecule is N#Cc1cncc(COc2nc(O[C@H]3CCc4c(-c5cccc6c5CC[C@@H]6Oc5nc(OCc6cncc(C#N)c6)c(CNC[C@@H](O)CC(=O)O)cc5Br)cccc43)c(Br)cc2CCC[C@@H](O)CC(=O)O)c1.S.S.S.S. The third-order valence-corrected chi connectivity index (χ3v) is 13.4. The van der Waals surface area contributed by atoms with Crippen LogP contribution in [-0.2, 0) is 48.6 Å². The molecule has 0 spiro atoms. The Hall–Kier alpha value is -5.60. The van der Waals surface area contributed by atoms with Crippen LogP contribution in [0.15, 0.2) is 94.4 Å². The first kappa shape index (κ1) is 62.9. The highest BCUT2D eigenvalue weighted by atomic mass is 79.9. The molecular weight excluding hydrogens is 1180 g/mol. The summed E-state index contributed by atoms with van der Waals surface area (Å²) in [6.07, 6.45) is 6.82. The van der Waals surface area contributed by atoms with Crippen molar-refractivity contribution in [2.45, 2.75) is 102 Å². The van der Waals surface area contributed by atoms with Gasteiger partial charge < -0.3 is 44.7 Å². The number of aliphatic hydroxyl groups is 2. The highest BCUT2D eigenvalue weighted by molar-refractivity contribution is 9.11. The largest absolute Gasteiger partial charge is 0.481 e. The van der Waals surface area contributed by atoms with Crippen LogP contribution in [0.1, 0.15) is 106 Å². The molecule has 76 heavy (non-hydrogen) atoms. The molecule has 8 rings (SSSR count). The normalized spacial score (nSPS) is 14.6. The first-order chi connectivity index (χ1) is 34.8. The zero-order valence-electron chi connectivity index (χ0n) is 40.8. The molecule has 2 aliphatic rings. The Morgan fingerprint density at radius 3 is 1.63 bits per heavy atom. The van der Waals surface area contributed by atoms with Crippen molar-refractivity contribution in [2.24, 2.45) is 0 Å². The quantitative estimate of drug-likeness (QED) is 0.0400. The van der Waals surface area contributed by atoms with E-state index in [0.29, 0.717) is 80.1 Å². The minimum atomic E-state index is -1.10. The van der Waals surface area contributed by atoms with Crippen LogP contribution in [0, 0.1) is 22.7 Å². The summed E-state index contributed by atoms with van der Waals surface area (Å²) in [5.41, 5.74) is 10.1. The summed E-state index contributed by atoms with van der Waals surface area (Å²) in [6, 6.07) is 23.8. The van der Waals surface area contributed by atoms with Gasteiger partial charge in [-0.05, 0) is 134 Å². The van der Waals surface area contributed by atoms with Gasteiger partial charge in [0.05, 0.1) is 45.1 Å². The molecule has 0 radical (unpaired) electrons. The average molecular weight is 1240 g/mol. The zero-order chi connectivity index (χ0) is 50.7. The summed E-state index contributed by atoms with van der Waals surface area (Å²) in [4.78, 5) is 40.2. The van der Waals surface area contributed by atoms with Crippen molar-refractivity contribution in [3.8, 4) is 46.8 Å². The van der Waals surface area contributed by atoms with E-state index in [1.165, 1.54) is 23.5 Å². The fourth-order valence-corrected chi connectivity index (χ4v) is 9.91. The molecule has 6 aromatic rings. The van der Waals surface area contributed by atoms with Crippen molar-refractivity contribution in [2.75, 3.05) is 6.54 Å². The number of aryl methyl sites for hydroxylation is 1. The number of rotatable bonds is 23. The van der Waals surface area contributed by atoms with Crippen LogP contribution in [0.25, 0.3) is 11.1 Å². The molecule has 0 saturated heterocycles. The predicted octanol–water partition coefficient (Wildman–Crippen LogP) is 9.03. The number of carboxylic acid groups (broad SMARTS) is 2. The lowest BCUT2D eigenvalue weighted by molar-refractivity contribution is -0.140. The molecule has 0 aliphatic heterocycles. The monoisotopic (exact) mass is 1240 g/mol. The van der Waals surface area contributed by atoms with E-state index in [4.69, 9.17) is 39.1 Å². The van der Waals surface area contributed by atoms with Gasteiger partial charge in [-0.2, -0.15) is 74.5 Å². The Bertz CT molecular complexity index is 2870. The number of halogens is 2. The third kappa shape index (κ3) is 16.2. The Morgan fingerprint density at radius 1 is 0.671 bits per heavy atom. The van der Waals surface area contributed by atoms with Gasteiger partial charge in [0, 0.05) is 60.1 Å². The number of aromatic nitrogens is 4. The molecule has 23 heteroatoms. The summed E-state index contributed by atoms with van der Waals surface area (Å²) in [5.74, 6) is -0.946. The Morgan fingerprint density at radius 2 is 1.14 bits per heavy atom. The van der Waals surface area contributed by atoms with Gasteiger partial charge in [0.2, 0.25) is 23.5 Å². The van der Waals surface area contributed by atoms with Crippen LogP contribution in [0.2, 0.25) is 0 Å². The van der Waals surface area contributed by atoms with E-state index >= 15 is 0 Å². The molecule has 17 nitrogen and oxygen atoms in total. The van der Waals surface area contributed by atoms with Crippen molar-refractivity contribution in [3.05, 3.63) is 150 Å². The van der Waals surface area contributed by atoms with E-state index in [9.17, 15) is 30.3 Å². The van der Waals surface area contributed by atoms with Crippen molar-refractivity contribution < 1.29 is 49.0 Å².